The summed E-state index contributed by atoms with van der Waals surface area (Å²) in [4.78, 5) is 0. The second-order valence-electron chi connectivity index (χ2n) is 7.17. The Kier molecular flexibility index (Phi) is 6.17. The Morgan fingerprint density at radius 2 is 1.67 bits per heavy atom. The van der Waals surface area contributed by atoms with Crippen molar-refractivity contribution >= 4 is 5.69 Å². The normalized spacial score (nSPS) is 12.2. The summed E-state index contributed by atoms with van der Waals surface area (Å²) in [5.41, 5.74) is 3.40. The summed E-state index contributed by atoms with van der Waals surface area (Å²) in [6.07, 6.45) is 4.28. The number of aromatic nitrogens is 2. The molecule has 1 aromatic heterocycles. The lowest BCUT2D eigenvalue weighted by molar-refractivity contribution is 0.482. The van der Waals surface area contributed by atoms with Crippen LogP contribution in [0.2, 0.25) is 0 Å². The highest BCUT2D eigenvalue weighted by Crippen LogP contribution is 2.29. The van der Waals surface area contributed by atoms with Crippen molar-refractivity contribution in [3.05, 3.63) is 72.1 Å². The summed E-state index contributed by atoms with van der Waals surface area (Å²) in [7, 11) is 0. The zero-order valence-electron chi connectivity index (χ0n) is 16.6. The Balaban J connectivity index is 1.74. The van der Waals surface area contributed by atoms with Gasteiger partial charge in [0.05, 0.1) is 17.4 Å². The van der Waals surface area contributed by atoms with Crippen LogP contribution in [0.5, 0.6) is 11.5 Å². The lowest BCUT2D eigenvalue weighted by Crippen LogP contribution is -2.11. The monoisotopic (exact) mass is 363 g/mol. The van der Waals surface area contributed by atoms with E-state index in [-0.39, 0.29) is 6.04 Å². The van der Waals surface area contributed by atoms with Crippen molar-refractivity contribution in [2.75, 3.05) is 5.32 Å². The van der Waals surface area contributed by atoms with Gasteiger partial charge < -0.3 is 10.1 Å². The fourth-order valence-electron chi connectivity index (χ4n) is 3.08. The molecule has 0 saturated heterocycles. The highest BCUT2D eigenvalue weighted by Gasteiger charge is 2.14. The van der Waals surface area contributed by atoms with Gasteiger partial charge in [0.1, 0.15) is 11.5 Å². The number of para-hydroxylation sites is 1. The van der Waals surface area contributed by atoms with Crippen molar-refractivity contribution in [2.45, 2.75) is 52.6 Å². The molecule has 1 unspecified atom stereocenters. The van der Waals surface area contributed by atoms with Gasteiger partial charge in [-0.1, -0.05) is 43.7 Å². The Morgan fingerprint density at radius 3 is 2.26 bits per heavy atom. The first-order valence-electron chi connectivity index (χ1n) is 9.72. The number of aryl methyl sites for hydroxylation is 1. The summed E-state index contributed by atoms with van der Waals surface area (Å²) >= 11 is 0. The van der Waals surface area contributed by atoms with E-state index in [0.717, 1.165) is 35.7 Å². The third-order valence-corrected chi connectivity index (χ3v) is 4.61. The van der Waals surface area contributed by atoms with E-state index in [1.54, 1.807) is 0 Å². The molecule has 0 aliphatic rings. The van der Waals surface area contributed by atoms with Gasteiger partial charge >= 0.3 is 0 Å². The standard InChI is InChI=1S/C23H29N3O/c1-5-9-22(24-23-16-26(17(2)3)25-18(23)4)19-12-14-21(15-13-19)27-20-10-7-6-8-11-20/h6-8,10-17,22,24H,5,9H2,1-4H3. The van der Waals surface area contributed by atoms with E-state index in [9.17, 15) is 0 Å². The fraction of sp³-hybridized carbons (Fsp3) is 0.348. The van der Waals surface area contributed by atoms with E-state index >= 15 is 0 Å². The molecule has 3 rings (SSSR count). The third kappa shape index (κ3) is 4.91. The minimum absolute atomic E-state index is 0.254. The van der Waals surface area contributed by atoms with Crippen LogP contribution in [0.4, 0.5) is 5.69 Å². The molecule has 27 heavy (non-hydrogen) atoms. The van der Waals surface area contributed by atoms with Gasteiger partial charge in [-0.25, -0.2) is 0 Å². The molecule has 4 nitrogen and oxygen atoms in total. The number of nitrogens with zero attached hydrogens (tertiary/aromatic N) is 2. The third-order valence-electron chi connectivity index (χ3n) is 4.61. The van der Waals surface area contributed by atoms with E-state index in [1.165, 1.54) is 5.56 Å². The maximum Gasteiger partial charge on any atom is 0.127 e. The van der Waals surface area contributed by atoms with E-state index in [4.69, 9.17) is 4.74 Å². The molecule has 0 bridgehead atoms. The first kappa shape index (κ1) is 19.0. The number of anilines is 1. The van der Waals surface area contributed by atoms with Crippen LogP contribution >= 0.6 is 0 Å². The molecule has 0 spiro atoms. The minimum atomic E-state index is 0.254. The maximum absolute atomic E-state index is 5.91. The summed E-state index contributed by atoms with van der Waals surface area (Å²) < 4.78 is 7.92. The maximum atomic E-state index is 5.91. The molecule has 0 aliphatic carbocycles. The molecule has 0 radical (unpaired) electrons. The number of rotatable bonds is 8. The summed E-state index contributed by atoms with van der Waals surface area (Å²) in [5, 5.41) is 8.30. The Bertz CT molecular complexity index is 838. The van der Waals surface area contributed by atoms with Crippen LogP contribution in [0, 0.1) is 6.92 Å². The Morgan fingerprint density at radius 1 is 1.00 bits per heavy atom. The van der Waals surface area contributed by atoms with Crippen LogP contribution in [0.15, 0.2) is 60.8 Å². The molecular formula is C23H29N3O. The predicted octanol–water partition coefficient (Wildman–Crippen LogP) is 6.52. The lowest BCUT2D eigenvalue weighted by atomic mass is 10.0. The van der Waals surface area contributed by atoms with Gasteiger partial charge in [0.15, 0.2) is 0 Å². The van der Waals surface area contributed by atoms with Crippen LogP contribution in [0.1, 0.15) is 57.0 Å². The smallest absolute Gasteiger partial charge is 0.127 e. The summed E-state index contributed by atoms with van der Waals surface area (Å²) in [6.45, 7) is 8.56. The number of ether oxygens (including phenoxy) is 1. The van der Waals surface area contributed by atoms with E-state index in [2.05, 4.69) is 56.4 Å². The average molecular weight is 364 g/mol. The first-order valence-corrected chi connectivity index (χ1v) is 9.72. The van der Waals surface area contributed by atoms with Gasteiger partial charge in [0, 0.05) is 12.2 Å². The number of nitrogens with one attached hydrogen (secondary N) is 1. The highest BCUT2D eigenvalue weighted by molar-refractivity contribution is 5.48. The van der Waals surface area contributed by atoms with Crippen molar-refractivity contribution < 1.29 is 4.74 Å². The SMILES string of the molecule is CCCC(Nc1cn(C(C)C)nc1C)c1ccc(Oc2ccccc2)cc1. The Hall–Kier alpha value is -2.75. The largest absolute Gasteiger partial charge is 0.457 e. The second-order valence-corrected chi connectivity index (χ2v) is 7.17. The van der Waals surface area contributed by atoms with Crippen molar-refractivity contribution in [1.29, 1.82) is 0 Å². The molecule has 4 heteroatoms. The van der Waals surface area contributed by atoms with Crippen molar-refractivity contribution in [3.63, 3.8) is 0 Å². The highest BCUT2D eigenvalue weighted by atomic mass is 16.5. The van der Waals surface area contributed by atoms with Crippen LogP contribution in [0.25, 0.3) is 0 Å². The lowest BCUT2D eigenvalue weighted by Gasteiger charge is -2.20. The number of hydrogen-bond acceptors (Lipinski definition) is 3. The minimum Gasteiger partial charge on any atom is -0.457 e. The fourth-order valence-corrected chi connectivity index (χ4v) is 3.08. The van der Waals surface area contributed by atoms with E-state index in [1.807, 2.05) is 47.1 Å². The topological polar surface area (TPSA) is 39.1 Å². The van der Waals surface area contributed by atoms with Crippen LogP contribution in [-0.2, 0) is 0 Å². The molecule has 1 atom stereocenters. The quantitative estimate of drug-likeness (QED) is 0.495. The van der Waals surface area contributed by atoms with Gasteiger partial charge in [0.2, 0.25) is 0 Å². The summed E-state index contributed by atoms with van der Waals surface area (Å²) in [6, 6.07) is 18.8. The van der Waals surface area contributed by atoms with Gasteiger partial charge in [-0.2, -0.15) is 5.10 Å². The molecular weight excluding hydrogens is 334 g/mol. The molecule has 0 saturated carbocycles. The Labute approximate surface area is 162 Å². The molecule has 1 N–H and O–H groups in total. The second kappa shape index (κ2) is 8.76. The predicted molar refractivity (Wildman–Crippen MR) is 112 cm³/mol. The van der Waals surface area contributed by atoms with Gasteiger partial charge in [-0.3, -0.25) is 4.68 Å². The van der Waals surface area contributed by atoms with Gasteiger partial charge in [0.25, 0.3) is 0 Å². The zero-order valence-corrected chi connectivity index (χ0v) is 16.6. The molecule has 142 valence electrons. The van der Waals surface area contributed by atoms with Crippen molar-refractivity contribution in [2.24, 2.45) is 0 Å². The van der Waals surface area contributed by atoms with E-state index in [0.29, 0.717) is 6.04 Å². The zero-order chi connectivity index (χ0) is 19.2. The van der Waals surface area contributed by atoms with Crippen molar-refractivity contribution in [3.8, 4) is 11.5 Å². The van der Waals surface area contributed by atoms with Crippen LogP contribution in [-0.4, -0.2) is 9.78 Å². The van der Waals surface area contributed by atoms with Crippen molar-refractivity contribution in [1.82, 2.24) is 9.78 Å². The van der Waals surface area contributed by atoms with Crippen LogP contribution in [0.3, 0.4) is 0 Å². The summed E-state index contributed by atoms with van der Waals surface area (Å²) in [5.74, 6) is 1.70. The average Bonchev–Trinajstić information content (AvgIpc) is 3.04. The molecule has 0 fully saturated rings. The molecule has 2 aromatic carbocycles. The molecule has 0 amide bonds. The molecule has 3 aromatic rings. The number of benzene rings is 2. The van der Waals surface area contributed by atoms with Gasteiger partial charge in [-0.05, 0) is 57.0 Å². The number of hydrogen-bond donors (Lipinski definition) is 1. The molecule has 0 aliphatic heterocycles. The van der Waals surface area contributed by atoms with E-state index < -0.39 is 0 Å². The van der Waals surface area contributed by atoms with Gasteiger partial charge in [-0.15, -0.1) is 0 Å². The molecule has 1 heterocycles. The van der Waals surface area contributed by atoms with Crippen LogP contribution < -0.4 is 10.1 Å². The first-order chi connectivity index (χ1) is 13.1.